The van der Waals surface area contributed by atoms with Crippen LogP contribution in [0.3, 0.4) is 0 Å². The van der Waals surface area contributed by atoms with Gasteiger partial charge in [-0.05, 0) is 12.1 Å². The maximum absolute atomic E-state index is 13.7. The number of ether oxygens (including phenoxy) is 2. The highest BCUT2D eigenvalue weighted by Gasteiger charge is 2.19. The van der Waals surface area contributed by atoms with Crippen molar-refractivity contribution in [2.24, 2.45) is 0 Å². The Morgan fingerprint density at radius 1 is 1.40 bits per heavy atom. The Kier molecular flexibility index (Phi) is 3.99. The molecular formula is C12H7ClF3NO3. The second-order valence-electron chi connectivity index (χ2n) is 3.67. The van der Waals surface area contributed by atoms with Gasteiger partial charge in [0.05, 0.1) is 18.2 Å². The van der Waals surface area contributed by atoms with E-state index in [-0.39, 0.29) is 16.5 Å². The lowest BCUT2D eigenvalue weighted by Gasteiger charge is -2.10. The number of rotatable bonds is 3. The summed E-state index contributed by atoms with van der Waals surface area (Å²) in [5.41, 5.74) is 0.120. The summed E-state index contributed by atoms with van der Waals surface area (Å²) >= 11 is 5.78. The van der Waals surface area contributed by atoms with Gasteiger partial charge < -0.3 is 9.47 Å². The number of hydrogen-bond acceptors (Lipinski definition) is 4. The van der Waals surface area contributed by atoms with E-state index in [2.05, 4.69) is 14.5 Å². The van der Waals surface area contributed by atoms with Crippen molar-refractivity contribution in [2.75, 3.05) is 7.11 Å². The number of esters is 1. The minimum Gasteiger partial charge on any atom is -0.465 e. The van der Waals surface area contributed by atoms with Crippen molar-refractivity contribution in [2.45, 2.75) is 6.61 Å². The quantitative estimate of drug-likeness (QED) is 0.815. The average molecular weight is 306 g/mol. The molecule has 8 heteroatoms. The van der Waals surface area contributed by atoms with Crippen LogP contribution < -0.4 is 4.74 Å². The molecule has 0 atom stereocenters. The zero-order valence-electron chi connectivity index (χ0n) is 9.99. The number of benzene rings is 1. The molecule has 20 heavy (non-hydrogen) atoms. The van der Waals surface area contributed by atoms with Gasteiger partial charge in [-0.25, -0.2) is 9.18 Å². The molecule has 0 aliphatic rings. The molecule has 4 nitrogen and oxygen atoms in total. The number of hydrogen-bond donors (Lipinski definition) is 0. The summed E-state index contributed by atoms with van der Waals surface area (Å²) in [7, 11) is 1.18. The molecule has 0 amide bonds. The number of pyridine rings is 1. The average Bonchev–Trinajstić information content (AvgIpc) is 2.41. The standard InChI is InChI=1S/C12H7ClF3NO3/c1-19-11(18)6-2-5-3-7(14)10(20-12(15)16)8(13)9(5)17-4-6/h2-4,12H,1H3. The van der Waals surface area contributed by atoms with Crippen LogP contribution in [0.2, 0.25) is 5.02 Å². The summed E-state index contributed by atoms with van der Waals surface area (Å²) in [6.07, 6.45) is 1.14. The lowest BCUT2D eigenvalue weighted by molar-refractivity contribution is -0.0520. The van der Waals surface area contributed by atoms with Crippen LogP contribution in [0.15, 0.2) is 18.3 Å². The molecule has 0 aliphatic carbocycles. The van der Waals surface area contributed by atoms with Gasteiger partial charge >= 0.3 is 12.6 Å². The molecule has 1 aromatic carbocycles. The normalized spacial score (nSPS) is 10.9. The molecule has 0 unspecified atom stereocenters. The summed E-state index contributed by atoms with van der Waals surface area (Å²) in [5.74, 6) is -2.53. The Hall–Kier alpha value is -2.02. The van der Waals surface area contributed by atoms with Crippen molar-refractivity contribution in [3.63, 3.8) is 0 Å². The highest BCUT2D eigenvalue weighted by molar-refractivity contribution is 6.36. The molecule has 0 aliphatic heterocycles. The number of nitrogens with zero attached hydrogens (tertiary/aromatic N) is 1. The van der Waals surface area contributed by atoms with Gasteiger partial charge in [-0.3, -0.25) is 4.98 Å². The molecule has 1 aromatic heterocycles. The van der Waals surface area contributed by atoms with Gasteiger partial charge in [0, 0.05) is 11.6 Å². The van der Waals surface area contributed by atoms with Gasteiger partial charge in [-0.1, -0.05) is 11.6 Å². The summed E-state index contributed by atoms with van der Waals surface area (Å²) in [6.45, 7) is -3.21. The van der Waals surface area contributed by atoms with Gasteiger partial charge in [0.1, 0.15) is 5.02 Å². The van der Waals surface area contributed by atoms with E-state index >= 15 is 0 Å². The zero-order valence-corrected chi connectivity index (χ0v) is 10.7. The van der Waals surface area contributed by atoms with Crippen LogP contribution in [-0.2, 0) is 4.74 Å². The highest BCUT2D eigenvalue weighted by Crippen LogP contribution is 2.35. The number of methoxy groups -OCH3 is 1. The van der Waals surface area contributed by atoms with Crippen molar-refractivity contribution in [1.29, 1.82) is 0 Å². The molecule has 2 rings (SSSR count). The third-order valence-corrected chi connectivity index (χ3v) is 2.80. The van der Waals surface area contributed by atoms with Crippen molar-refractivity contribution < 1.29 is 27.4 Å². The van der Waals surface area contributed by atoms with Gasteiger partial charge in [0.2, 0.25) is 0 Å². The molecule has 0 fully saturated rings. The van der Waals surface area contributed by atoms with E-state index in [1.807, 2.05) is 0 Å². The van der Waals surface area contributed by atoms with Crippen molar-refractivity contribution in [1.82, 2.24) is 4.98 Å². The zero-order chi connectivity index (χ0) is 14.9. The monoisotopic (exact) mass is 305 g/mol. The Labute approximate surface area is 116 Å². The van der Waals surface area contributed by atoms with Crippen LogP contribution in [0, 0.1) is 5.82 Å². The molecule has 1 heterocycles. The van der Waals surface area contributed by atoms with E-state index in [1.54, 1.807) is 0 Å². The Morgan fingerprint density at radius 3 is 2.70 bits per heavy atom. The molecule has 0 N–H and O–H groups in total. The summed E-state index contributed by atoms with van der Waals surface area (Å²) in [4.78, 5) is 15.2. The first kappa shape index (κ1) is 14.4. The van der Waals surface area contributed by atoms with Crippen LogP contribution in [0.5, 0.6) is 5.75 Å². The first-order chi connectivity index (χ1) is 9.43. The number of carbonyl (C=O) groups is 1. The fourth-order valence-corrected chi connectivity index (χ4v) is 1.91. The fraction of sp³-hybridized carbons (Fsp3) is 0.167. The predicted molar refractivity (Wildman–Crippen MR) is 64.7 cm³/mol. The maximum Gasteiger partial charge on any atom is 0.387 e. The molecular weight excluding hydrogens is 299 g/mol. The smallest absolute Gasteiger partial charge is 0.387 e. The van der Waals surface area contributed by atoms with Crippen molar-refractivity contribution >= 4 is 28.5 Å². The first-order valence-corrected chi connectivity index (χ1v) is 5.62. The number of aromatic nitrogens is 1. The van der Waals surface area contributed by atoms with E-state index in [1.165, 1.54) is 13.2 Å². The van der Waals surface area contributed by atoms with Gasteiger partial charge in [0.25, 0.3) is 0 Å². The number of carbonyl (C=O) groups excluding carboxylic acids is 1. The van der Waals surface area contributed by atoms with Crippen LogP contribution in [0.4, 0.5) is 13.2 Å². The van der Waals surface area contributed by atoms with Gasteiger partial charge in [0.15, 0.2) is 11.6 Å². The number of fused-ring (bicyclic) bond motifs is 1. The fourth-order valence-electron chi connectivity index (χ4n) is 1.62. The SMILES string of the molecule is COC(=O)c1cnc2c(Cl)c(OC(F)F)c(F)cc2c1. The third kappa shape index (κ3) is 2.62. The molecule has 0 radical (unpaired) electrons. The number of alkyl halides is 2. The summed E-state index contributed by atoms with van der Waals surface area (Å²) in [5, 5.41) is -0.228. The van der Waals surface area contributed by atoms with E-state index in [0.717, 1.165) is 12.3 Å². The lowest BCUT2D eigenvalue weighted by atomic mass is 10.1. The molecule has 0 saturated heterocycles. The minimum atomic E-state index is -3.21. The van der Waals surface area contributed by atoms with Crippen molar-refractivity contribution in [3.8, 4) is 5.75 Å². The van der Waals surface area contributed by atoms with Gasteiger partial charge in [-0.15, -0.1) is 0 Å². The van der Waals surface area contributed by atoms with Crippen LogP contribution in [0.1, 0.15) is 10.4 Å². The second kappa shape index (κ2) is 5.54. The highest BCUT2D eigenvalue weighted by atomic mass is 35.5. The van der Waals surface area contributed by atoms with Crippen LogP contribution >= 0.6 is 11.6 Å². The van der Waals surface area contributed by atoms with E-state index in [0.29, 0.717) is 0 Å². The van der Waals surface area contributed by atoms with E-state index in [4.69, 9.17) is 11.6 Å². The predicted octanol–water partition coefficient (Wildman–Crippen LogP) is 3.42. The van der Waals surface area contributed by atoms with E-state index in [9.17, 15) is 18.0 Å². The van der Waals surface area contributed by atoms with Crippen LogP contribution in [-0.4, -0.2) is 24.7 Å². The molecule has 0 saturated carbocycles. The largest absolute Gasteiger partial charge is 0.465 e. The molecule has 2 aromatic rings. The van der Waals surface area contributed by atoms with Crippen LogP contribution in [0.25, 0.3) is 10.9 Å². The minimum absolute atomic E-state index is 0.0383. The summed E-state index contributed by atoms with van der Waals surface area (Å²) in [6, 6.07) is 2.19. The molecule has 106 valence electrons. The van der Waals surface area contributed by atoms with Gasteiger partial charge in [-0.2, -0.15) is 8.78 Å². The second-order valence-corrected chi connectivity index (χ2v) is 4.05. The molecule has 0 bridgehead atoms. The lowest BCUT2D eigenvalue weighted by Crippen LogP contribution is -2.06. The Bertz CT molecular complexity index is 679. The third-order valence-electron chi connectivity index (χ3n) is 2.45. The van der Waals surface area contributed by atoms with E-state index < -0.39 is 29.2 Å². The topological polar surface area (TPSA) is 48.4 Å². The molecule has 0 spiro atoms. The number of halogens is 4. The first-order valence-electron chi connectivity index (χ1n) is 5.25. The maximum atomic E-state index is 13.7. The van der Waals surface area contributed by atoms with Crippen molar-refractivity contribution in [3.05, 3.63) is 34.7 Å². The summed E-state index contributed by atoms with van der Waals surface area (Å²) < 4.78 is 46.5. The Balaban J connectivity index is 2.60. The Morgan fingerprint density at radius 2 is 2.10 bits per heavy atom.